The van der Waals surface area contributed by atoms with Crippen molar-refractivity contribution < 1.29 is 19.4 Å². The predicted molar refractivity (Wildman–Crippen MR) is 76.4 cm³/mol. The highest BCUT2D eigenvalue weighted by Gasteiger charge is 2.30. The fourth-order valence-electron chi connectivity index (χ4n) is 2.57. The standard InChI is InChI=1S/C15H25NO4/c1-3-6-13(15(18)19)16-14(17)11-7-5-8-12(10-11)20-9-4-2/h4,11-13H,2-3,5-10H2,1H3,(H,16,17)(H,18,19). The number of nitrogens with one attached hydrogen (secondary N) is 1. The molecule has 1 aliphatic carbocycles. The van der Waals surface area contributed by atoms with Crippen molar-refractivity contribution >= 4 is 11.9 Å². The van der Waals surface area contributed by atoms with Gasteiger partial charge in [0, 0.05) is 5.92 Å². The van der Waals surface area contributed by atoms with E-state index in [0.29, 0.717) is 19.4 Å². The van der Waals surface area contributed by atoms with Crippen LogP contribution in [-0.4, -0.2) is 35.7 Å². The number of amides is 1. The molecule has 0 aliphatic heterocycles. The van der Waals surface area contributed by atoms with Crippen LogP contribution in [0.1, 0.15) is 45.4 Å². The summed E-state index contributed by atoms with van der Waals surface area (Å²) < 4.78 is 5.60. The molecule has 3 atom stereocenters. The Morgan fingerprint density at radius 2 is 2.25 bits per heavy atom. The molecule has 1 fully saturated rings. The Hall–Kier alpha value is -1.36. The predicted octanol–water partition coefficient (Wildman–Crippen LogP) is 2.12. The molecule has 2 N–H and O–H groups in total. The quantitative estimate of drug-likeness (QED) is 0.669. The van der Waals surface area contributed by atoms with E-state index < -0.39 is 12.0 Å². The Morgan fingerprint density at radius 3 is 2.85 bits per heavy atom. The van der Waals surface area contributed by atoms with Gasteiger partial charge in [-0.15, -0.1) is 6.58 Å². The molecule has 0 radical (unpaired) electrons. The molecule has 0 heterocycles. The first kappa shape index (κ1) is 16.7. The van der Waals surface area contributed by atoms with E-state index in [9.17, 15) is 9.59 Å². The molecule has 114 valence electrons. The van der Waals surface area contributed by atoms with E-state index in [4.69, 9.17) is 9.84 Å². The molecule has 0 spiro atoms. The zero-order chi connectivity index (χ0) is 15.0. The van der Waals surface area contributed by atoms with Crippen LogP contribution in [0.25, 0.3) is 0 Å². The monoisotopic (exact) mass is 283 g/mol. The largest absolute Gasteiger partial charge is 0.480 e. The third-order valence-corrected chi connectivity index (χ3v) is 3.64. The molecule has 20 heavy (non-hydrogen) atoms. The zero-order valence-electron chi connectivity index (χ0n) is 12.1. The van der Waals surface area contributed by atoms with Gasteiger partial charge in [-0.1, -0.05) is 25.8 Å². The van der Waals surface area contributed by atoms with Gasteiger partial charge in [0.2, 0.25) is 5.91 Å². The average molecular weight is 283 g/mol. The fourth-order valence-corrected chi connectivity index (χ4v) is 2.57. The van der Waals surface area contributed by atoms with Crippen LogP contribution in [0, 0.1) is 5.92 Å². The van der Waals surface area contributed by atoms with Crippen LogP contribution in [0.5, 0.6) is 0 Å². The van der Waals surface area contributed by atoms with E-state index in [2.05, 4.69) is 11.9 Å². The fraction of sp³-hybridized carbons (Fsp3) is 0.733. The Kier molecular flexibility index (Phi) is 7.30. The summed E-state index contributed by atoms with van der Waals surface area (Å²) in [4.78, 5) is 23.2. The summed E-state index contributed by atoms with van der Waals surface area (Å²) in [6.07, 6.45) is 6.33. The molecule has 0 aromatic rings. The first-order valence-corrected chi connectivity index (χ1v) is 7.34. The van der Waals surface area contributed by atoms with Gasteiger partial charge in [0.15, 0.2) is 0 Å². The number of ether oxygens (including phenoxy) is 1. The Labute approximate surface area is 120 Å². The van der Waals surface area contributed by atoms with Gasteiger partial charge < -0.3 is 15.2 Å². The van der Waals surface area contributed by atoms with Crippen molar-refractivity contribution in [3.05, 3.63) is 12.7 Å². The van der Waals surface area contributed by atoms with Crippen LogP contribution < -0.4 is 5.32 Å². The first-order valence-electron chi connectivity index (χ1n) is 7.34. The number of carboxylic acid groups (broad SMARTS) is 1. The minimum atomic E-state index is -0.963. The summed E-state index contributed by atoms with van der Waals surface area (Å²) in [5, 5.41) is 11.7. The smallest absolute Gasteiger partial charge is 0.326 e. The number of carboxylic acids is 1. The van der Waals surface area contributed by atoms with Crippen molar-refractivity contribution in [1.82, 2.24) is 5.32 Å². The number of hydrogen-bond donors (Lipinski definition) is 2. The van der Waals surface area contributed by atoms with Gasteiger partial charge in [-0.2, -0.15) is 0 Å². The maximum Gasteiger partial charge on any atom is 0.326 e. The van der Waals surface area contributed by atoms with Gasteiger partial charge in [0.25, 0.3) is 0 Å². The van der Waals surface area contributed by atoms with Gasteiger partial charge in [-0.05, 0) is 25.7 Å². The Balaban J connectivity index is 2.48. The molecule has 1 saturated carbocycles. The van der Waals surface area contributed by atoms with Crippen LogP contribution >= 0.6 is 0 Å². The van der Waals surface area contributed by atoms with Crippen molar-refractivity contribution in [3.8, 4) is 0 Å². The molecule has 1 aliphatic rings. The number of rotatable bonds is 8. The van der Waals surface area contributed by atoms with Crippen molar-refractivity contribution in [3.63, 3.8) is 0 Å². The van der Waals surface area contributed by atoms with E-state index in [1.54, 1.807) is 6.08 Å². The van der Waals surface area contributed by atoms with Crippen molar-refractivity contribution in [2.75, 3.05) is 6.61 Å². The number of hydrogen-bond acceptors (Lipinski definition) is 3. The summed E-state index contributed by atoms with van der Waals surface area (Å²) in [6, 6.07) is -0.776. The second-order valence-electron chi connectivity index (χ2n) is 5.30. The third-order valence-electron chi connectivity index (χ3n) is 3.64. The van der Waals surface area contributed by atoms with Gasteiger partial charge in [0.05, 0.1) is 12.7 Å². The average Bonchev–Trinajstić information content (AvgIpc) is 2.44. The van der Waals surface area contributed by atoms with Gasteiger partial charge in [-0.3, -0.25) is 4.79 Å². The normalized spacial score (nSPS) is 23.9. The Bertz CT molecular complexity index is 343. The summed E-state index contributed by atoms with van der Waals surface area (Å²) in [5.74, 6) is -1.26. The van der Waals surface area contributed by atoms with Crippen molar-refractivity contribution in [1.29, 1.82) is 0 Å². The van der Waals surface area contributed by atoms with E-state index >= 15 is 0 Å². The van der Waals surface area contributed by atoms with Crippen LogP contribution in [0.3, 0.4) is 0 Å². The summed E-state index contributed by atoms with van der Waals surface area (Å²) in [5.41, 5.74) is 0. The topological polar surface area (TPSA) is 75.6 Å². The minimum Gasteiger partial charge on any atom is -0.480 e. The van der Waals surface area contributed by atoms with E-state index in [-0.39, 0.29) is 17.9 Å². The maximum absolute atomic E-state index is 12.2. The van der Waals surface area contributed by atoms with Crippen molar-refractivity contribution in [2.45, 2.75) is 57.6 Å². The van der Waals surface area contributed by atoms with E-state index in [1.807, 2.05) is 6.92 Å². The molecule has 5 heteroatoms. The molecule has 0 bridgehead atoms. The lowest BCUT2D eigenvalue weighted by atomic mass is 9.86. The van der Waals surface area contributed by atoms with E-state index in [0.717, 1.165) is 25.7 Å². The minimum absolute atomic E-state index is 0.0759. The van der Waals surface area contributed by atoms with E-state index in [1.165, 1.54) is 0 Å². The van der Waals surface area contributed by atoms with Crippen LogP contribution in [0.2, 0.25) is 0 Å². The highest BCUT2D eigenvalue weighted by Crippen LogP contribution is 2.26. The van der Waals surface area contributed by atoms with Gasteiger partial charge in [-0.25, -0.2) is 4.79 Å². The maximum atomic E-state index is 12.2. The summed E-state index contributed by atoms with van der Waals surface area (Å²) >= 11 is 0. The lowest BCUT2D eigenvalue weighted by molar-refractivity contribution is -0.143. The number of carbonyl (C=O) groups is 2. The van der Waals surface area contributed by atoms with Gasteiger partial charge >= 0.3 is 5.97 Å². The van der Waals surface area contributed by atoms with Gasteiger partial charge in [0.1, 0.15) is 6.04 Å². The highest BCUT2D eigenvalue weighted by molar-refractivity contribution is 5.85. The molecule has 0 saturated heterocycles. The SMILES string of the molecule is C=CCOC1CCCC(C(=O)NC(CCC)C(=O)O)C1. The second-order valence-corrected chi connectivity index (χ2v) is 5.30. The molecule has 3 unspecified atom stereocenters. The lowest BCUT2D eigenvalue weighted by Gasteiger charge is -2.29. The van der Waals surface area contributed by atoms with Crippen LogP contribution in [0.4, 0.5) is 0 Å². The third kappa shape index (κ3) is 5.33. The molecule has 1 amide bonds. The first-order chi connectivity index (χ1) is 9.58. The number of carbonyl (C=O) groups excluding carboxylic acids is 1. The number of aliphatic carboxylic acids is 1. The Morgan fingerprint density at radius 1 is 1.50 bits per heavy atom. The summed E-state index contributed by atoms with van der Waals surface area (Å²) in [7, 11) is 0. The van der Waals surface area contributed by atoms with Crippen LogP contribution in [0.15, 0.2) is 12.7 Å². The highest BCUT2D eigenvalue weighted by atomic mass is 16.5. The van der Waals surface area contributed by atoms with Crippen LogP contribution in [-0.2, 0) is 14.3 Å². The molecular weight excluding hydrogens is 258 g/mol. The molecular formula is C15H25NO4. The zero-order valence-corrected chi connectivity index (χ0v) is 12.1. The molecule has 0 aromatic carbocycles. The summed E-state index contributed by atoms with van der Waals surface area (Å²) in [6.45, 7) is 6.01. The molecule has 0 aromatic heterocycles. The van der Waals surface area contributed by atoms with Crippen molar-refractivity contribution in [2.24, 2.45) is 5.92 Å². The lowest BCUT2D eigenvalue weighted by Crippen LogP contribution is -2.45. The second kappa shape index (κ2) is 8.74. The molecule has 5 nitrogen and oxygen atoms in total. The molecule has 1 rings (SSSR count).